The number of anilines is 2. The largest absolute Gasteiger partial charge is 0.399 e. The SMILES string of the molecule is Cc1cc(N2CC3CCC(C2)O3)nc(-c2ccc(N)cc2)n1. The first kappa shape index (κ1) is 13.5. The van der Waals surface area contributed by atoms with E-state index < -0.39 is 0 Å². The van der Waals surface area contributed by atoms with E-state index in [1.807, 2.05) is 31.2 Å². The van der Waals surface area contributed by atoms with Crippen molar-refractivity contribution in [2.45, 2.75) is 32.0 Å². The minimum atomic E-state index is 0.356. The first-order chi connectivity index (χ1) is 10.7. The van der Waals surface area contributed by atoms with Crippen molar-refractivity contribution in [2.24, 2.45) is 0 Å². The van der Waals surface area contributed by atoms with Crippen molar-refractivity contribution in [1.82, 2.24) is 9.97 Å². The van der Waals surface area contributed by atoms with E-state index in [2.05, 4.69) is 16.0 Å². The Bertz CT molecular complexity index is 674. The van der Waals surface area contributed by atoms with Crippen LogP contribution in [-0.2, 0) is 4.74 Å². The second-order valence-electron chi connectivity index (χ2n) is 6.18. The van der Waals surface area contributed by atoms with Gasteiger partial charge >= 0.3 is 0 Å². The molecule has 0 saturated carbocycles. The molecule has 1 aromatic heterocycles. The van der Waals surface area contributed by atoms with Crippen molar-refractivity contribution in [2.75, 3.05) is 23.7 Å². The molecule has 1 aromatic carbocycles. The first-order valence-electron chi connectivity index (χ1n) is 7.79. The van der Waals surface area contributed by atoms with E-state index in [1.165, 1.54) is 0 Å². The summed E-state index contributed by atoms with van der Waals surface area (Å²) < 4.78 is 5.91. The quantitative estimate of drug-likeness (QED) is 0.862. The summed E-state index contributed by atoms with van der Waals surface area (Å²) in [6, 6.07) is 9.77. The number of rotatable bonds is 2. The van der Waals surface area contributed by atoms with Gasteiger partial charge in [-0.05, 0) is 44.0 Å². The highest BCUT2D eigenvalue weighted by Crippen LogP contribution is 2.30. The number of benzene rings is 1. The van der Waals surface area contributed by atoms with Crippen molar-refractivity contribution in [3.05, 3.63) is 36.0 Å². The summed E-state index contributed by atoms with van der Waals surface area (Å²) in [5.74, 6) is 1.76. The van der Waals surface area contributed by atoms with Gasteiger partial charge in [0.2, 0.25) is 0 Å². The van der Waals surface area contributed by atoms with Gasteiger partial charge in [-0.15, -0.1) is 0 Å². The fraction of sp³-hybridized carbons (Fsp3) is 0.412. The lowest BCUT2D eigenvalue weighted by Gasteiger charge is -2.33. The van der Waals surface area contributed by atoms with Gasteiger partial charge in [0.1, 0.15) is 5.82 Å². The molecule has 0 aliphatic carbocycles. The van der Waals surface area contributed by atoms with Crippen LogP contribution in [-0.4, -0.2) is 35.3 Å². The van der Waals surface area contributed by atoms with Gasteiger partial charge in [0, 0.05) is 36.1 Å². The Balaban J connectivity index is 1.67. The third-order valence-electron chi connectivity index (χ3n) is 4.38. The lowest BCUT2D eigenvalue weighted by atomic mass is 10.2. The molecule has 0 radical (unpaired) electrons. The number of hydrogen-bond donors (Lipinski definition) is 1. The van der Waals surface area contributed by atoms with Crippen LogP contribution in [0.5, 0.6) is 0 Å². The van der Waals surface area contributed by atoms with Crippen LogP contribution < -0.4 is 10.6 Å². The highest BCUT2D eigenvalue weighted by molar-refractivity contribution is 5.61. The van der Waals surface area contributed by atoms with Gasteiger partial charge in [0.15, 0.2) is 5.82 Å². The number of morpholine rings is 1. The van der Waals surface area contributed by atoms with Gasteiger partial charge < -0.3 is 15.4 Å². The van der Waals surface area contributed by atoms with E-state index in [-0.39, 0.29) is 0 Å². The molecule has 2 aliphatic rings. The van der Waals surface area contributed by atoms with Crippen molar-refractivity contribution in [3.63, 3.8) is 0 Å². The van der Waals surface area contributed by atoms with Crippen molar-refractivity contribution < 1.29 is 4.74 Å². The predicted octanol–water partition coefficient (Wildman–Crippen LogP) is 2.40. The molecule has 2 unspecified atom stereocenters. The van der Waals surface area contributed by atoms with Gasteiger partial charge in [0.25, 0.3) is 0 Å². The molecular formula is C17H20N4O. The molecule has 22 heavy (non-hydrogen) atoms. The lowest BCUT2D eigenvalue weighted by Crippen LogP contribution is -2.43. The van der Waals surface area contributed by atoms with Crippen LogP contribution in [0, 0.1) is 6.92 Å². The van der Waals surface area contributed by atoms with Gasteiger partial charge in [-0.2, -0.15) is 0 Å². The van der Waals surface area contributed by atoms with Crippen LogP contribution in [0.25, 0.3) is 11.4 Å². The molecule has 2 aliphatic heterocycles. The maximum absolute atomic E-state index is 5.91. The minimum Gasteiger partial charge on any atom is -0.399 e. The maximum atomic E-state index is 5.91. The van der Waals surface area contributed by atoms with Gasteiger partial charge in [-0.25, -0.2) is 9.97 Å². The van der Waals surface area contributed by atoms with Crippen LogP contribution in [0.2, 0.25) is 0 Å². The Morgan fingerprint density at radius 1 is 1.09 bits per heavy atom. The molecule has 5 heteroatoms. The monoisotopic (exact) mass is 296 g/mol. The van der Waals surface area contributed by atoms with Gasteiger partial charge in [-0.1, -0.05) is 0 Å². The Labute approximate surface area is 130 Å². The molecule has 3 heterocycles. The van der Waals surface area contributed by atoms with E-state index in [1.54, 1.807) is 0 Å². The highest BCUT2D eigenvalue weighted by Gasteiger charge is 2.34. The zero-order valence-electron chi connectivity index (χ0n) is 12.7. The molecule has 0 amide bonds. The number of nitrogen functional groups attached to an aromatic ring is 1. The zero-order valence-corrected chi connectivity index (χ0v) is 12.7. The summed E-state index contributed by atoms with van der Waals surface area (Å²) in [6.07, 6.45) is 3.04. The third kappa shape index (κ3) is 2.52. The summed E-state index contributed by atoms with van der Waals surface area (Å²) in [6.45, 7) is 3.86. The summed E-state index contributed by atoms with van der Waals surface area (Å²) in [5, 5.41) is 0. The Hall–Kier alpha value is -2.14. The molecular weight excluding hydrogens is 276 g/mol. The van der Waals surface area contributed by atoms with Crippen molar-refractivity contribution in [3.8, 4) is 11.4 Å². The molecule has 5 nitrogen and oxygen atoms in total. The molecule has 2 bridgehead atoms. The van der Waals surface area contributed by atoms with Crippen molar-refractivity contribution in [1.29, 1.82) is 0 Å². The van der Waals surface area contributed by atoms with Crippen LogP contribution in [0.1, 0.15) is 18.5 Å². The normalized spacial score (nSPS) is 23.8. The van der Waals surface area contributed by atoms with E-state index in [0.29, 0.717) is 12.2 Å². The van der Waals surface area contributed by atoms with E-state index >= 15 is 0 Å². The third-order valence-corrected chi connectivity index (χ3v) is 4.38. The van der Waals surface area contributed by atoms with Crippen LogP contribution in [0.3, 0.4) is 0 Å². The number of aromatic nitrogens is 2. The second kappa shape index (κ2) is 5.25. The number of aryl methyl sites for hydroxylation is 1. The number of hydrogen-bond acceptors (Lipinski definition) is 5. The molecule has 2 saturated heterocycles. The summed E-state index contributed by atoms with van der Waals surface area (Å²) in [4.78, 5) is 11.7. The standard InChI is InChI=1S/C17H20N4O/c1-11-8-16(21-9-14-6-7-15(10-21)22-14)20-17(19-11)12-2-4-13(18)5-3-12/h2-5,8,14-15H,6-7,9-10,18H2,1H3. The van der Waals surface area contributed by atoms with Crippen molar-refractivity contribution >= 4 is 11.5 Å². The van der Waals surface area contributed by atoms with Gasteiger partial charge in [0.05, 0.1) is 12.2 Å². The number of ether oxygens (including phenoxy) is 1. The molecule has 2 N–H and O–H groups in total. The highest BCUT2D eigenvalue weighted by atomic mass is 16.5. The molecule has 2 aromatic rings. The Morgan fingerprint density at radius 3 is 2.45 bits per heavy atom. The van der Waals surface area contributed by atoms with E-state index in [4.69, 9.17) is 15.5 Å². The van der Waals surface area contributed by atoms with Crippen LogP contribution in [0.15, 0.2) is 30.3 Å². The van der Waals surface area contributed by atoms with E-state index in [9.17, 15) is 0 Å². The number of nitrogens with two attached hydrogens (primary N) is 1. The molecule has 114 valence electrons. The van der Waals surface area contributed by atoms with E-state index in [0.717, 1.165) is 54.5 Å². The van der Waals surface area contributed by atoms with Crippen LogP contribution in [0.4, 0.5) is 11.5 Å². The smallest absolute Gasteiger partial charge is 0.161 e. The fourth-order valence-corrected chi connectivity index (χ4v) is 3.28. The first-order valence-corrected chi connectivity index (χ1v) is 7.79. The second-order valence-corrected chi connectivity index (χ2v) is 6.18. The molecule has 2 atom stereocenters. The Kier molecular flexibility index (Phi) is 3.22. The lowest BCUT2D eigenvalue weighted by molar-refractivity contribution is 0.0302. The predicted molar refractivity (Wildman–Crippen MR) is 86.7 cm³/mol. The summed E-state index contributed by atoms with van der Waals surface area (Å²) >= 11 is 0. The fourth-order valence-electron chi connectivity index (χ4n) is 3.28. The number of fused-ring (bicyclic) bond motifs is 2. The average Bonchev–Trinajstić information content (AvgIpc) is 2.85. The summed E-state index contributed by atoms with van der Waals surface area (Å²) in [7, 11) is 0. The topological polar surface area (TPSA) is 64.3 Å². The summed E-state index contributed by atoms with van der Waals surface area (Å²) in [5.41, 5.74) is 8.49. The Morgan fingerprint density at radius 2 is 1.77 bits per heavy atom. The number of nitrogens with zero attached hydrogens (tertiary/aromatic N) is 3. The molecule has 0 spiro atoms. The molecule has 4 rings (SSSR count). The van der Waals surface area contributed by atoms with Gasteiger partial charge in [-0.3, -0.25) is 0 Å². The minimum absolute atomic E-state index is 0.356. The average molecular weight is 296 g/mol. The zero-order chi connectivity index (χ0) is 15.1. The molecule has 2 fully saturated rings. The van der Waals surface area contributed by atoms with Crippen LogP contribution >= 0.6 is 0 Å². The maximum Gasteiger partial charge on any atom is 0.161 e.